The SMILES string of the molecule is CCCC(OCC)C(NC)C1=CCCCC1. The average molecular weight is 225 g/mol. The van der Waals surface area contributed by atoms with Gasteiger partial charge >= 0.3 is 0 Å². The van der Waals surface area contributed by atoms with E-state index >= 15 is 0 Å². The standard InChI is InChI=1S/C14H27NO/c1-4-9-13(16-5-2)14(15-3)12-10-7-6-8-11-12/h10,13-15H,4-9,11H2,1-3H3. The third kappa shape index (κ3) is 3.91. The highest BCUT2D eigenvalue weighted by atomic mass is 16.5. The lowest BCUT2D eigenvalue weighted by Crippen LogP contribution is -2.41. The molecule has 1 aliphatic carbocycles. The van der Waals surface area contributed by atoms with Gasteiger partial charge in [-0.15, -0.1) is 0 Å². The summed E-state index contributed by atoms with van der Waals surface area (Å²) in [7, 11) is 2.06. The minimum atomic E-state index is 0.351. The fourth-order valence-electron chi connectivity index (χ4n) is 2.60. The minimum Gasteiger partial charge on any atom is -0.377 e. The molecule has 94 valence electrons. The Morgan fingerprint density at radius 1 is 1.38 bits per heavy atom. The molecular formula is C14H27NO. The molecule has 1 aliphatic rings. The quantitative estimate of drug-likeness (QED) is 0.671. The van der Waals surface area contributed by atoms with Crippen LogP contribution in [-0.4, -0.2) is 25.8 Å². The van der Waals surface area contributed by atoms with Gasteiger partial charge in [0.05, 0.1) is 12.1 Å². The van der Waals surface area contributed by atoms with Gasteiger partial charge in [-0.3, -0.25) is 0 Å². The lowest BCUT2D eigenvalue weighted by Gasteiger charge is -2.30. The van der Waals surface area contributed by atoms with Crippen LogP contribution < -0.4 is 5.32 Å². The Kier molecular flexibility index (Phi) is 6.74. The topological polar surface area (TPSA) is 21.3 Å². The summed E-state index contributed by atoms with van der Waals surface area (Å²) in [4.78, 5) is 0. The molecule has 2 heteroatoms. The van der Waals surface area contributed by atoms with Gasteiger partial charge in [0.15, 0.2) is 0 Å². The molecule has 1 rings (SSSR count). The van der Waals surface area contributed by atoms with E-state index in [9.17, 15) is 0 Å². The fraction of sp³-hybridized carbons (Fsp3) is 0.857. The number of rotatable bonds is 7. The van der Waals surface area contributed by atoms with Crippen molar-refractivity contribution < 1.29 is 4.74 Å². The molecule has 0 aliphatic heterocycles. The van der Waals surface area contributed by atoms with Crippen molar-refractivity contribution in [2.45, 2.75) is 64.5 Å². The molecule has 0 spiro atoms. The summed E-state index contributed by atoms with van der Waals surface area (Å²) in [5.41, 5.74) is 1.57. The largest absolute Gasteiger partial charge is 0.377 e. The molecule has 0 saturated heterocycles. The van der Waals surface area contributed by atoms with Gasteiger partial charge in [-0.2, -0.15) is 0 Å². The van der Waals surface area contributed by atoms with Crippen LogP contribution in [-0.2, 0) is 4.74 Å². The Labute approximate surface area is 100 Å². The van der Waals surface area contributed by atoms with Crippen molar-refractivity contribution in [2.75, 3.05) is 13.7 Å². The number of ether oxygens (including phenoxy) is 1. The van der Waals surface area contributed by atoms with E-state index < -0.39 is 0 Å². The summed E-state index contributed by atoms with van der Waals surface area (Å²) in [5, 5.41) is 3.45. The third-order valence-corrected chi connectivity index (χ3v) is 3.36. The summed E-state index contributed by atoms with van der Waals surface area (Å²) in [6.45, 7) is 5.13. The zero-order valence-electron chi connectivity index (χ0n) is 11.1. The Morgan fingerprint density at radius 3 is 2.69 bits per heavy atom. The van der Waals surface area contributed by atoms with Crippen LogP contribution >= 0.6 is 0 Å². The molecule has 0 fully saturated rings. The molecule has 0 radical (unpaired) electrons. The molecular weight excluding hydrogens is 198 g/mol. The second kappa shape index (κ2) is 7.86. The molecule has 0 heterocycles. The van der Waals surface area contributed by atoms with Crippen LogP contribution in [0.5, 0.6) is 0 Å². The molecule has 16 heavy (non-hydrogen) atoms. The van der Waals surface area contributed by atoms with Gasteiger partial charge in [0.1, 0.15) is 0 Å². The predicted octanol–water partition coefficient (Wildman–Crippen LogP) is 3.28. The number of likely N-dealkylation sites (N-methyl/N-ethyl adjacent to an activating group) is 1. The smallest absolute Gasteiger partial charge is 0.0766 e. The van der Waals surface area contributed by atoms with E-state index in [1.165, 1.54) is 32.1 Å². The Hall–Kier alpha value is -0.340. The van der Waals surface area contributed by atoms with Crippen LogP contribution in [0.1, 0.15) is 52.4 Å². The first-order valence-corrected chi connectivity index (χ1v) is 6.81. The predicted molar refractivity (Wildman–Crippen MR) is 69.7 cm³/mol. The van der Waals surface area contributed by atoms with E-state index in [0.29, 0.717) is 12.1 Å². The van der Waals surface area contributed by atoms with Gasteiger partial charge in [-0.1, -0.05) is 25.0 Å². The molecule has 0 bridgehead atoms. The summed E-state index contributed by atoms with van der Waals surface area (Å²) >= 11 is 0. The average Bonchev–Trinajstić information content (AvgIpc) is 2.32. The summed E-state index contributed by atoms with van der Waals surface area (Å²) in [6.07, 6.45) is 10.3. The van der Waals surface area contributed by atoms with E-state index in [2.05, 4.69) is 32.3 Å². The molecule has 0 aromatic carbocycles. The van der Waals surface area contributed by atoms with Crippen LogP contribution in [0, 0.1) is 0 Å². The monoisotopic (exact) mass is 225 g/mol. The number of nitrogens with one attached hydrogen (secondary N) is 1. The second-order valence-corrected chi connectivity index (χ2v) is 4.57. The van der Waals surface area contributed by atoms with E-state index in [1.54, 1.807) is 5.57 Å². The third-order valence-electron chi connectivity index (χ3n) is 3.36. The normalized spacial score (nSPS) is 20.3. The van der Waals surface area contributed by atoms with Gasteiger partial charge in [0, 0.05) is 6.61 Å². The van der Waals surface area contributed by atoms with Gasteiger partial charge in [-0.05, 0) is 46.1 Å². The lowest BCUT2D eigenvalue weighted by molar-refractivity contribution is 0.0375. The zero-order valence-corrected chi connectivity index (χ0v) is 11.1. The van der Waals surface area contributed by atoms with Gasteiger partial charge in [0.25, 0.3) is 0 Å². The van der Waals surface area contributed by atoms with Gasteiger partial charge < -0.3 is 10.1 Å². The molecule has 0 saturated carbocycles. The number of hydrogen-bond acceptors (Lipinski definition) is 2. The summed E-state index contributed by atoms with van der Waals surface area (Å²) in [5.74, 6) is 0. The van der Waals surface area contributed by atoms with E-state index in [4.69, 9.17) is 4.74 Å². The maximum Gasteiger partial charge on any atom is 0.0766 e. The van der Waals surface area contributed by atoms with Crippen LogP contribution in [0.3, 0.4) is 0 Å². The van der Waals surface area contributed by atoms with Crippen LogP contribution in [0.2, 0.25) is 0 Å². The molecule has 2 nitrogen and oxygen atoms in total. The molecule has 1 N–H and O–H groups in total. The lowest BCUT2D eigenvalue weighted by atomic mass is 9.89. The fourth-order valence-corrected chi connectivity index (χ4v) is 2.60. The molecule has 0 aromatic heterocycles. The van der Waals surface area contributed by atoms with Crippen LogP contribution in [0.4, 0.5) is 0 Å². The Morgan fingerprint density at radius 2 is 2.19 bits per heavy atom. The first-order valence-electron chi connectivity index (χ1n) is 6.81. The molecule has 0 amide bonds. The molecule has 2 unspecified atom stereocenters. The van der Waals surface area contributed by atoms with Gasteiger partial charge in [0.2, 0.25) is 0 Å². The first kappa shape index (κ1) is 13.7. The number of allylic oxidation sites excluding steroid dienone is 1. The highest BCUT2D eigenvalue weighted by Crippen LogP contribution is 2.24. The Balaban J connectivity index is 2.64. The first-order chi connectivity index (χ1) is 7.83. The summed E-state index contributed by atoms with van der Waals surface area (Å²) in [6, 6.07) is 0.431. The van der Waals surface area contributed by atoms with Crippen LogP contribution in [0.25, 0.3) is 0 Å². The van der Waals surface area contributed by atoms with E-state index in [0.717, 1.165) is 13.0 Å². The van der Waals surface area contributed by atoms with Crippen LogP contribution in [0.15, 0.2) is 11.6 Å². The van der Waals surface area contributed by atoms with Crippen molar-refractivity contribution in [1.29, 1.82) is 0 Å². The number of hydrogen-bond donors (Lipinski definition) is 1. The van der Waals surface area contributed by atoms with Crippen molar-refractivity contribution >= 4 is 0 Å². The maximum absolute atomic E-state index is 5.89. The summed E-state index contributed by atoms with van der Waals surface area (Å²) < 4.78 is 5.89. The molecule has 0 aromatic rings. The van der Waals surface area contributed by atoms with E-state index in [-0.39, 0.29) is 0 Å². The van der Waals surface area contributed by atoms with Crippen molar-refractivity contribution in [3.8, 4) is 0 Å². The van der Waals surface area contributed by atoms with E-state index in [1.807, 2.05) is 0 Å². The highest BCUT2D eigenvalue weighted by molar-refractivity contribution is 5.15. The highest BCUT2D eigenvalue weighted by Gasteiger charge is 2.23. The van der Waals surface area contributed by atoms with Gasteiger partial charge in [-0.25, -0.2) is 0 Å². The van der Waals surface area contributed by atoms with Crippen molar-refractivity contribution in [2.24, 2.45) is 0 Å². The minimum absolute atomic E-state index is 0.351. The maximum atomic E-state index is 5.89. The second-order valence-electron chi connectivity index (χ2n) is 4.57. The van der Waals surface area contributed by atoms with Crippen molar-refractivity contribution in [3.05, 3.63) is 11.6 Å². The van der Waals surface area contributed by atoms with Crippen molar-refractivity contribution in [3.63, 3.8) is 0 Å². The zero-order chi connectivity index (χ0) is 11.8. The Bertz CT molecular complexity index is 207. The van der Waals surface area contributed by atoms with Crippen molar-refractivity contribution in [1.82, 2.24) is 5.32 Å². The molecule has 2 atom stereocenters.